The van der Waals surface area contributed by atoms with E-state index in [1.807, 2.05) is 13.0 Å². The maximum Gasteiger partial charge on any atom is 0.166 e. The second kappa shape index (κ2) is 7.99. The quantitative estimate of drug-likeness (QED) is 0.572. The number of hydrogen-bond acceptors (Lipinski definition) is 3. The SMILES string of the molecule is C=C(CCC(C)C1CCC2C3CC(O)C4=CC=CC(=O)C4(C)C3C(O)CC12C)C(C)C. The Hall–Kier alpha value is -1.19. The molecule has 3 heteroatoms. The standard InChI is InChI=1S/C28H42O3/c1-16(2)17(3)10-11-18(4)20-12-13-21-19-14-23(29)22-8-7-9-25(31)28(22,6)26(19)24(30)15-27(20,21)5/h7-9,16,18-21,23-24,26,29-30H,3,10-15H2,1-2,4-6H3. The van der Waals surface area contributed by atoms with E-state index in [9.17, 15) is 15.0 Å². The summed E-state index contributed by atoms with van der Waals surface area (Å²) in [6.07, 6.45) is 10.3. The predicted octanol–water partition coefficient (Wildman–Crippen LogP) is 5.48. The first kappa shape index (κ1) is 23.0. The van der Waals surface area contributed by atoms with E-state index in [4.69, 9.17) is 0 Å². The molecule has 0 aliphatic heterocycles. The Morgan fingerprint density at radius 1 is 1.23 bits per heavy atom. The van der Waals surface area contributed by atoms with Crippen molar-refractivity contribution in [1.82, 2.24) is 0 Å². The summed E-state index contributed by atoms with van der Waals surface area (Å²) in [7, 11) is 0. The van der Waals surface area contributed by atoms with Crippen LogP contribution in [0.15, 0.2) is 36.0 Å². The van der Waals surface area contributed by atoms with E-state index in [0.717, 1.165) is 31.3 Å². The fourth-order valence-electron chi connectivity index (χ4n) is 8.30. The summed E-state index contributed by atoms with van der Waals surface area (Å²) in [4.78, 5) is 13.1. The van der Waals surface area contributed by atoms with Crippen molar-refractivity contribution in [3.05, 3.63) is 36.0 Å². The second-order valence-electron chi connectivity index (χ2n) is 11.9. The number of aliphatic hydroxyl groups is 2. The first-order chi connectivity index (χ1) is 14.5. The third kappa shape index (κ3) is 3.42. The molecule has 0 bridgehead atoms. The van der Waals surface area contributed by atoms with Gasteiger partial charge in [-0.2, -0.15) is 0 Å². The van der Waals surface area contributed by atoms with Gasteiger partial charge >= 0.3 is 0 Å². The van der Waals surface area contributed by atoms with Crippen molar-refractivity contribution in [3.8, 4) is 0 Å². The molecule has 0 radical (unpaired) electrons. The Bertz CT molecular complexity index is 807. The molecule has 2 N–H and O–H groups in total. The molecule has 0 aromatic rings. The van der Waals surface area contributed by atoms with Gasteiger partial charge < -0.3 is 10.2 Å². The van der Waals surface area contributed by atoms with Crippen LogP contribution in [-0.2, 0) is 4.79 Å². The monoisotopic (exact) mass is 426 g/mol. The van der Waals surface area contributed by atoms with Crippen LogP contribution in [0.3, 0.4) is 0 Å². The van der Waals surface area contributed by atoms with Gasteiger partial charge in [0.25, 0.3) is 0 Å². The molecule has 3 saturated carbocycles. The third-order valence-corrected chi connectivity index (χ3v) is 10.1. The highest BCUT2D eigenvalue weighted by Crippen LogP contribution is 2.67. The largest absolute Gasteiger partial charge is 0.393 e. The molecule has 9 unspecified atom stereocenters. The average Bonchev–Trinajstić information content (AvgIpc) is 3.03. The maximum absolute atomic E-state index is 13.1. The molecule has 4 aliphatic rings. The highest BCUT2D eigenvalue weighted by atomic mass is 16.3. The Balaban J connectivity index is 1.60. The van der Waals surface area contributed by atoms with E-state index < -0.39 is 17.6 Å². The second-order valence-corrected chi connectivity index (χ2v) is 11.9. The Kier molecular flexibility index (Phi) is 5.92. The van der Waals surface area contributed by atoms with Crippen molar-refractivity contribution in [1.29, 1.82) is 0 Å². The molecule has 3 nitrogen and oxygen atoms in total. The van der Waals surface area contributed by atoms with Gasteiger partial charge in [-0.05, 0) is 92.1 Å². The number of carbonyl (C=O) groups is 1. The molecule has 0 amide bonds. The van der Waals surface area contributed by atoms with Crippen molar-refractivity contribution >= 4 is 5.78 Å². The van der Waals surface area contributed by atoms with Gasteiger partial charge in [-0.15, -0.1) is 0 Å². The normalized spacial score (nSPS) is 45.0. The number of fused-ring (bicyclic) bond motifs is 5. The van der Waals surface area contributed by atoms with Gasteiger partial charge in [-0.1, -0.05) is 52.0 Å². The van der Waals surface area contributed by atoms with Crippen LogP contribution >= 0.6 is 0 Å². The zero-order valence-electron chi connectivity index (χ0n) is 20.1. The van der Waals surface area contributed by atoms with Gasteiger partial charge in [0.1, 0.15) is 0 Å². The first-order valence-corrected chi connectivity index (χ1v) is 12.5. The Labute approximate surface area is 188 Å². The lowest BCUT2D eigenvalue weighted by atomic mass is 9.45. The summed E-state index contributed by atoms with van der Waals surface area (Å²) in [5.41, 5.74) is 1.46. The number of ketones is 1. The van der Waals surface area contributed by atoms with Gasteiger partial charge in [0.05, 0.1) is 17.6 Å². The van der Waals surface area contributed by atoms with Crippen LogP contribution < -0.4 is 0 Å². The average molecular weight is 427 g/mol. The maximum atomic E-state index is 13.1. The third-order valence-electron chi connectivity index (χ3n) is 10.1. The summed E-state index contributed by atoms with van der Waals surface area (Å²) >= 11 is 0. The van der Waals surface area contributed by atoms with Crippen LogP contribution in [0.25, 0.3) is 0 Å². The molecule has 0 heterocycles. The highest BCUT2D eigenvalue weighted by Gasteiger charge is 2.65. The smallest absolute Gasteiger partial charge is 0.166 e. The number of aliphatic hydroxyl groups excluding tert-OH is 2. The lowest BCUT2D eigenvalue weighted by Crippen LogP contribution is -2.60. The van der Waals surface area contributed by atoms with Crippen LogP contribution in [0.4, 0.5) is 0 Å². The fraction of sp³-hybridized carbons (Fsp3) is 0.750. The molecule has 0 aromatic carbocycles. The summed E-state index contributed by atoms with van der Waals surface area (Å²) in [5, 5.41) is 22.6. The number of carbonyl (C=O) groups excluding carboxylic acids is 1. The van der Waals surface area contributed by atoms with E-state index in [2.05, 4.69) is 34.3 Å². The van der Waals surface area contributed by atoms with Crippen LogP contribution in [0.2, 0.25) is 0 Å². The molecule has 4 rings (SSSR count). The van der Waals surface area contributed by atoms with E-state index in [-0.39, 0.29) is 23.0 Å². The van der Waals surface area contributed by atoms with Crippen molar-refractivity contribution in [2.24, 2.45) is 46.3 Å². The van der Waals surface area contributed by atoms with Crippen molar-refractivity contribution < 1.29 is 15.0 Å². The zero-order chi connectivity index (χ0) is 22.7. The van der Waals surface area contributed by atoms with Gasteiger partial charge in [-0.3, -0.25) is 4.79 Å². The lowest BCUT2D eigenvalue weighted by Gasteiger charge is -2.60. The van der Waals surface area contributed by atoms with Gasteiger partial charge in [0, 0.05) is 5.92 Å². The van der Waals surface area contributed by atoms with E-state index in [1.165, 1.54) is 12.0 Å². The number of rotatable bonds is 5. The molecule has 3 fully saturated rings. The van der Waals surface area contributed by atoms with E-state index >= 15 is 0 Å². The molecule has 31 heavy (non-hydrogen) atoms. The Morgan fingerprint density at radius 3 is 2.61 bits per heavy atom. The van der Waals surface area contributed by atoms with Gasteiger partial charge in [0.2, 0.25) is 0 Å². The molecular formula is C28H42O3. The minimum Gasteiger partial charge on any atom is -0.393 e. The van der Waals surface area contributed by atoms with Crippen LogP contribution in [0.1, 0.15) is 73.1 Å². The molecular weight excluding hydrogens is 384 g/mol. The van der Waals surface area contributed by atoms with Gasteiger partial charge in [-0.25, -0.2) is 0 Å². The number of hydrogen-bond donors (Lipinski definition) is 2. The van der Waals surface area contributed by atoms with Crippen molar-refractivity contribution in [3.63, 3.8) is 0 Å². The molecule has 172 valence electrons. The minimum atomic E-state index is -0.767. The Morgan fingerprint density at radius 2 is 1.94 bits per heavy atom. The number of allylic oxidation sites excluding steroid dienone is 4. The minimum absolute atomic E-state index is 0.0523. The molecule has 4 aliphatic carbocycles. The van der Waals surface area contributed by atoms with Crippen molar-refractivity contribution in [2.45, 2.75) is 85.4 Å². The van der Waals surface area contributed by atoms with E-state index in [0.29, 0.717) is 30.1 Å². The lowest BCUT2D eigenvalue weighted by molar-refractivity contribution is -0.158. The summed E-state index contributed by atoms with van der Waals surface area (Å²) in [6, 6.07) is 0. The molecule has 0 spiro atoms. The fourth-order valence-corrected chi connectivity index (χ4v) is 8.30. The summed E-state index contributed by atoms with van der Waals surface area (Å²) < 4.78 is 0. The van der Waals surface area contributed by atoms with Crippen LogP contribution in [0.5, 0.6) is 0 Å². The molecule has 0 aromatic heterocycles. The van der Waals surface area contributed by atoms with Crippen LogP contribution in [0, 0.1) is 46.3 Å². The predicted molar refractivity (Wildman–Crippen MR) is 125 cm³/mol. The zero-order valence-corrected chi connectivity index (χ0v) is 20.1. The molecule has 9 atom stereocenters. The highest BCUT2D eigenvalue weighted by molar-refractivity contribution is 5.99. The van der Waals surface area contributed by atoms with Gasteiger partial charge in [0.15, 0.2) is 5.78 Å². The van der Waals surface area contributed by atoms with E-state index in [1.54, 1.807) is 12.2 Å². The summed E-state index contributed by atoms with van der Waals surface area (Å²) in [5.74, 6) is 2.33. The molecule has 0 saturated heterocycles. The topological polar surface area (TPSA) is 57.5 Å². The summed E-state index contributed by atoms with van der Waals surface area (Å²) in [6.45, 7) is 15.5. The van der Waals surface area contributed by atoms with Crippen molar-refractivity contribution in [2.75, 3.05) is 0 Å². The first-order valence-electron chi connectivity index (χ1n) is 12.5. The van der Waals surface area contributed by atoms with Crippen LogP contribution in [-0.4, -0.2) is 28.2 Å².